The molecule has 0 heterocycles. The van der Waals surface area contributed by atoms with Gasteiger partial charge in [0.25, 0.3) is 0 Å². The highest BCUT2D eigenvalue weighted by atomic mass is 16.5. The van der Waals surface area contributed by atoms with Gasteiger partial charge in [-0.15, -0.1) is 0 Å². The average Bonchev–Trinajstić information content (AvgIpc) is 2.43. The molecule has 0 aliphatic heterocycles. The van der Waals surface area contributed by atoms with Gasteiger partial charge in [-0.05, 0) is 12.0 Å². The highest BCUT2D eigenvalue weighted by molar-refractivity contribution is 6.04. The quantitative estimate of drug-likeness (QED) is 0.472. The fourth-order valence-corrected chi connectivity index (χ4v) is 1.35. The number of hydrogen-bond donors (Lipinski definition) is 1. The molecule has 96 valence electrons. The Bertz CT molecular complexity index is 435. The summed E-state index contributed by atoms with van der Waals surface area (Å²) in [6.45, 7) is 2.11. The van der Waals surface area contributed by atoms with E-state index >= 15 is 0 Å². The van der Waals surface area contributed by atoms with Crippen molar-refractivity contribution in [3.05, 3.63) is 47.7 Å². The van der Waals surface area contributed by atoms with Crippen LogP contribution in [0.2, 0.25) is 0 Å². The number of allylic oxidation sites excluding steroid dienone is 1. The maximum absolute atomic E-state index is 11.7. The van der Waals surface area contributed by atoms with Gasteiger partial charge in [-0.3, -0.25) is 9.59 Å². The minimum Gasteiger partial charge on any atom is -0.468 e. The summed E-state index contributed by atoms with van der Waals surface area (Å²) in [7, 11) is 1.31. The van der Waals surface area contributed by atoms with Crippen molar-refractivity contribution in [2.75, 3.05) is 13.7 Å². The molecule has 4 heteroatoms. The Labute approximate surface area is 107 Å². The second-order valence-corrected chi connectivity index (χ2v) is 3.71. The summed E-state index contributed by atoms with van der Waals surface area (Å²) in [5.74, 6) is -0.477. The van der Waals surface area contributed by atoms with Gasteiger partial charge in [-0.25, -0.2) is 0 Å². The third-order valence-corrected chi connectivity index (χ3v) is 2.47. The molecule has 1 rings (SSSR count). The first-order chi connectivity index (χ1) is 8.67. The number of esters is 1. The molecule has 4 nitrogen and oxygen atoms in total. The van der Waals surface area contributed by atoms with E-state index in [4.69, 9.17) is 0 Å². The fraction of sp³-hybridized carbons (Fsp3) is 0.286. The van der Waals surface area contributed by atoms with Crippen LogP contribution in [0.3, 0.4) is 0 Å². The Morgan fingerprint density at radius 1 is 1.28 bits per heavy atom. The van der Waals surface area contributed by atoms with Crippen molar-refractivity contribution >= 4 is 11.8 Å². The Kier molecular flexibility index (Phi) is 5.64. The lowest BCUT2D eigenvalue weighted by atomic mass is 10.1. The van der Waals surface area contributed by atoms with Crippen molar-refractivity contribution < 1.29 is 14.3 Å². The Morgan fingerprint density at radius 2 is 1.94 bits per heavy atom. The van der Waals surface area contributed by atoms with Gasteiger partial charge in [0.2, 0.25) is 0 Å². The molecule has 1 aromatic rings. The number of methoxy groups -OCH3 is 1. The van der Waals surface area contributed by atoms with E-state index < -0.39 is 0 Å². The zero-order valence-electron chi connectivity index (χ0n) is 10.6. The number of ketones is 1. The van der Waals surface area contributed by atoms with E-state index in [0.717, 1.165) is 6.42 Å². The van der Waals surface area contributed by atoms with Crippen LogP contribution in [0.5, 0.6) is 0 Å². The zero-order chi connectivity index (χ0) is 13.4. The van der Waals surface area contributed by atoms with Crippen LogP contribution in [0.1, 0.15) is 22.8 Å². The minimum atomic E-state index is -0.376. The first-order valence-electron chi connectivity index (χ1n) is 5.77. The minimum absolute atomic E-state index is 0.0506. The van der Waals surface area contributed by atoms with E-state index in [-0.39, 0.29) is 18.3 Å². The lowest BCUT2D eigenvalue weighted by Crippen LogP contribution is -2.19. The van der Waals surface area contributed by atoms with Gasteiger partial charge >= 0.3 is 5.97 Å². The van der Waals surface area contributed by atoms with Gasteiger partial charge in [0.1, 0.15) is 6.54 Å². The topological polar surface area (TPSA) is 55.4 Å². The Hall–Kier alpha value is -2.10. The molecule has 0 radical (unpaired) electrons. The molecule has 0 aliphatic rings. The summed E-state index contributed by atoms with van der Waals surface area (Å²) in [6, 6.07) is 7.46. The predicted octanol–water partition coefficient (Wildman–Crippen LogP) is 1.71. The second-order valence-electron chi connectivity index (χ2n) is 3.71. The average molecular weight is 247 g/mol. The zero-order valence-corrected chi connectivity index (χ0v) is 10.6. The molecule has 0 spiro atoms. The first-order valence-corrected chi connectivity index (χ1v) is 5.77. The van der Waals surface area contributed by atoms with Gasteiger partial charge in [0.05, 0.1) is 7.11 Å². The molecule has 0 amide bonds. The van der Waals surface area contributed by atoms with Crippen LogP contribution in [0.15, 0.2) is 36.5 Å². The molecule has 0 fully saturated rings. The number of carbonyl (C=O) groups excluding carboxylic acids is 2. The predicted molar refractivity (Wildman–Crippen MR) is 69.3 cm³/mol. The molecule has 0 saturated heterocycles. The van der Waals surface area contributed by atoms with Crippen molar-refractivity contribution in [2.24, 2.45) is 0 Å². The molecular formula is C14H17NO3. The molecule has 0 aromatic heterocycles. The summed E-state index contributed by atoms with van der Waals surface area (Å²) >= 11 is 0. The number of ether oxygens (including phenoxy) is 1. The number of carbonyl (C=O) groups is 2. The highest BCUT2D eigenvalue weighted by Gasteiger charge is 2.01. The van der Waals surface area contributed by atoms with E-state index in [0.29, 0.717) is 5.56 Å². The number of aryl methyl sites for hydroxylation is 1. The van der Waals surface area contributed by atoms with Crippen LogP contribution in [0.25, 0.3) is 0 Å². The summed E-state index contributed by atoms with van der Waals surface area (Å²) in [6.07, 6.45) is 3.79. The SMILES string of the molecule is CCc1ccc(C(=O)/C=C\NCC(=O)OC)cc1. The summed E-state index contributed by atoms with van der Waals surface area (Å²) < 4.78 is 4.45. The highest BCUT2D eigenvalue weighted by Crippen LogP contribution is 2.06. The van der Waals surface area contributed by atoms with Crippen molar-refractivity contribution in [3.63, 3.8) is 0 Å². The first kappa shape index (κ1) is 14.0. The third kappa shape index (κ3) is 4.41. The normalized spacial score (nSPS) is 10.3. The lowest BCUT2D eigenvalue weighted by Gasteiger charge is -2.00. The number of hydrogen-bond acceptors (Lipinski definition) is 4. The monoisotopic (exact) mass is 247 g/mol. The number of nitrogens with one attached hydrogen (secondary N) is 1. The molecule has 18 heavy (non-hydrogen) atoms. The van der Waals surface area contributed by atoms with Crippen LogP contribution >= 0.6 is 0 Å². The number of benzene rings is 1. The summed E-state index contributed by atoms with van der Waals surface area (Å²) in [5, 5.41) is 2.68. The summed E-state index contributed by atoms with van der Waals surface area (Å²) in [4.78, 5) is 22.5. The van der Waals surface area contributed by atoms with E-state index in [9.17, 15) is 9.59 Å². The van der Waals surface area contributed by atoms with Gasteiger partial charge in [-0.1, -0.05) is 31.2 Å². The van der Waals surface area contributed by atoms with Gasteiger partial charge in [0.15, 0.2) is 5.78 Å². The van der Waals surface area contributed by atoms with Crippen molar-refractivity contribution in [1.29, 1.82) is 0 Å². The van der Waals surface area contributed by atoms with E-state index in [1.54, 1.807) is 12.1 Å². The molecule has 0 bridgehead atoms. The fourth-order valence-electron chi connectivity index (χ4n) is 1.35. The van der Waals surface area contributed by atoms with Gasteiger partial charge in [0, 0.05) is 17.8 Å². The maximum atomic E-state index is 11.7. The smallest absolute Gasteiger partial charge is 0.325 e. The van der Waals surface area contributed by atoms with Crippen molar-refractivity contribution in [2.45, 2.75) is 13.3 Å². The molecule has 0 unspecified atom stereocenters. The molecule has 0 atom stereocenters. The Morgan fingerprint density at radius 3 is 2.50 bits per heavy atom. The molecule has 0 aliphatic carbocycles. The standard InChI is InChI=1S/C14H17NO3/c1-3-11-4-6-12(7-5-11)13(16)8-9-15-10-14(17)18-2/h4-9,15H,3,10H2,1-2H3/b9-8-. The van der Waals surface area contributed by atoms with Crippen LogP contribution < -0.4 is 5.32 Å². The van der Waals surface area contributed by atoms with Crippen molar-refractivity contribution in [1.82, 2.24) is 5.32 Å². The summed E-state index contributed by atoms with van der Waals surface area (Å²) in [5.41, 5.74) is 1.82. The van der Waals surface area contributed by atoms with Crippen molar-refractivity contribution in [3.8, 4) is 0 Å². The second kappa shape index (κ2) is 7.27. The van der Waals surface area contributed by atoms with E-state index in [1.807, 2.05) is 12.1 Å². The molecule has 1 N–H and O–H groups in total. The third-order valence-electron chi connectivity index (χ3n) is 2.47. The largest absolute Gasteiger partial charge is 0.468 e. The Balaban J connectivity index is 2.48. The van der Waals surface area contributed by atoms with E-state index in [1.165, 1.54) is 24.9 Å². The maximum Gasteiger partial charge on any atom is 0.325 e. The molecule has 0 saturated carbocycles. The lowest BCUT2D eigenvalue weighted by molar-refractivity contribution is -0.139. The van der Waals surface area contributed by atoms with Crippen LogP contribution in [0.4, 0.5) is 0 Å². The van der Waals surface area contributed by atoms with Crippen LogP contribution in [-0.4, -0.2) is 25.4 Å². The number of rotatable bonds is 6. The van der Waals surface area contributed by atoms with Gasteiger partial charge < -0.3 is 10.1 Å². The molecule has 1 aromatic carbocycles. The van der Waals surface area contributed by atoms with Gasteiger partial charge in [-0.2, -0.15) is 0 Å². The van der Waals surface area contributed by atoms with Crippen LogP contribution in [-0.2, 0) is 16.0 Å². The molecular weight excluding hydrogens is 230 g/mol. The van der Waals surface area contributed by atoms with Crippen LogP contribution in [0, 0.1) is 0 Å². The van der Waals surface area contributed by atoms with E-state index in [2.05, 4.69) is 17.0 Å².